The van der Waals surface area contributed by atoms with Gasteiger partial charge in [-0.15, -0.1) is 12.4 Å². The van der Waals surface area contributed by atoms with Crippen LogP contribution in [0.15, 0.2) is 35.2 Å². The minimum absolute atomic E-state index is 0. The first-order valence-electron chi connectivity index (χ1n) is 8.58. The van der Waals surface area contributed by atoms with Crippen molar-refractivity contribution in [1.82, 2.24) is 9.21 Å². The molecule has 3 rings (SSSR count). The van der Waals surface area contributed by atoms with E-state index in [1.807, 2.05) is 4.90 Å². The molecular formula is C17H26ClN3O3S. The zero-order chi connectivity index (χ0) is 17.2. The van der Waals surface area contributed by atoms with Crippen molar-refractivity contribution in [2.75, 3.05) is 26.2 Å². The summed E-state index contributed by atoms with van der Waals surface area (Å²) in [5.74, 6) is -0.208. The first-order chi connectivity index (χ1) is 11.5. The predicted molar refractivity (Wildman–Crippen MR) is 99.0 cm³/mol. The molecule has 0 saturated carbocycles. The lowest BCUT2D eigenvalue weighted by molar-refractivity contribution is -0.137. The van der Waals surface area contributed by atoms with Crippen molar-refractivity contribution in [2.24, 2.45) is 11.7 Å². The van der Waals surface area contributed by atoms with E-state index in [4.69, 9.17) is 5.73 Å². The fourth-order valence-corrected chi connectivity index (χ4v) is 5.12. The fraction of sp³-hybridized carbons (Fsp3) is 0.588. The Bertz CT molecular complexity index is 684. The van der Waals surface area contributed by atoms with Crippen molar-refractivity contribution >= 4 is 28.3 Å². The third kappa shape index (κ3) is 4.53. The summed E-state index contributed by atoms with van der Waals surface area (Å²) in [6, 6.07) is 8.47. The SMILES string of the molecule is Cl.NC1CCCN(C(=O)C2CCCN(S(=O)(=O)c3ccccc3)C2)C1. The molecule has 2 N–H and O–H groups in total. The molecule has 1 amide bonds. The Morgan fingerprint density at radius 3 is 2.40 bits per heavy atom. The Kier molecular flexibility index (Phi) is 6.85. The number of hydrogen-bond acceptors (Lipinski definition) is 4. The van der Waals surface area contributed by atoms with Gasteiger partial charge in [-0.2, -0.15) is 4.31 Å². The number of benzene rings is 1. The fourth-order valence-electron chi connectivity index (χ4n) is 3.57. The molecule has 2 fully saturated rings. The third-order valence-electron chi connectivity index (χ3n) is 4.88. The first-order valence-corrected chi connectivity index (χ1v) is 10.0. The van der Waals surface area contributed by atoms with E-state index in [0.29, 0.717) is 19.5 Å². The quantitative estimate of drug-likeness (QED) is 0.850. The summed E-state index contributed by atoms with van der Waals surface area (Å²) in [5, 5.41) is 0. The topological polar surface area (TPSA) is 83.7 Å². The number of likely N-dealkylation sites (tertiary alicyclic amines) is 1. The summed E-state index contributed by atoms with van der Waals surface area (Å²) >= 11 is 0. The van der Waals surface area contributed by atoms with E-state index in [1.54, 1.807) is 30.3 Å². The molecule has 8 heteroatoms. The van der Waals surface area contributed by atoms with Gasteiger partial charge in [-0.3, -0.25) is 4.79 Å². The number of piperidine rings is 2. The Morgan fingerprint density at radius 2 is 1.72 bits per heavy atom. The normalized spacial score (nSPS) is 25.2. The molecular weight excluding hydrogens is 362 g/mol. The lowest BCUT2D eigenvalue weighted by Gasteiger charge is -2.37. The van der Waals surface area contributed by atoms with Crippen LogP contribution in [0.4, 0.5) is 0 Å². The molecule has 25 heavy (non-hydrogen) atoms. The van der Waals surface area contributed by atoms with Gasteiger partial charge in [-0.1, -0.05) is 18.2 Å². The Hall–Kier alpha value is -1.15. The van der Waals surface area contributed by atoms with Crippen molar-refractivity contribution in [1.29, 1.82) is 0 Å². The highest BCUT2D eigenvalue weighted by Crippen LogP contribution is 2.25. The van der Waals surface area contributed by atoms with E-state index in [9.17, 15) is 13.2 Å². The smallest absolute Gasteiger partial charge is 0.243 e. The number of carbonyl (C=O) groups is 1. The van der Waals surface area contributed by atoms with Crippen molar-refractivity contribution in [2.45, 2.75) is 36.6 Å². The second-order valence-electron chi connectivity index (χ2n) is 6.70. The average Bonchev–Trinajstić information content (AvgIpc) is 2.62. The molecule has 2 unspecified atom stereocenters. The van der Waals surface area contributed by atoms with E-state index in [0.717, 1.165) is 25.8 Å². The Morgan fingerprint density at radius 1 is 1.04 bits per heavy atom. The van der Waals surface area contributed by atoms with Gasteiger partial charge in [0.15, 0.2) is 0 Å². The number of rotatable bonds is 3. The van der Waals surface area contributed by atoms with Crippen molar-refractivity contribution < 1.29 is 13.2 Å². The number of nitrogens with zero attached hydrogens (tertiary/aromatic N) is 2. The van der Waals surface area contributed by atoms with Crippen molar-refractivity contribution in [3.8, 4) is 0 Å². The zero-order valence-corrected chi connectivity index (χ0v) is 15.8. The molecule has 140 valence electrons. The molecule has 2 saturated heterocycles. The lowest BCUT2D eigenvalue weighted by Crippen LogP contribution is -2.51. The summed E-state index contributed by atoms with van der Waals surface area (Å²) in [6.07, 6.45) is 3.32. The highest BCUT2D eigenvalue weighted by atomic mass is 35.5. The summed E-state index contributed by atoms with van der Waals surface area (Å²) in [4.78, 5) is 14.9. The zero-order valence-electron chi connectivity index (χ0n) is 14.2. The molecule has 2 heterocycles. The maximum absolute atomic E-state index is 12.8. The van der Waals surface area contributed by atoms with E-state index < -0.39 is 10.0 Å². The van der Waals surface area contributed by atoms with Gasteiger partial charge >= 0.3 is 0 Å². The van der Waals surface area contributed by atoms with Crippen LogP contribution in [-0.2, 0) is 14.8 Å². The van der Waals surface area contributed by atoms with Crippen LogP contribution in [-0.4, -0.2) is 55.8 Å². The third-order valence-corrected chi connectivity index (χ3v) is 6.76. The van der Waals surface area contributed by atoms with Crippen LogP contribution in [0.5, 0.6) is 0 Å². The molecule has 0 bridgehead atoms. The molecule has 6 nitrogen and oxygen atoms in total. The van der Waals surface area contributed by atoms with Gasteiger partial charge in [-0.25, -0.2) is 8.42 Å². The predicted octanol–water partition coefficient (Wildman–Crippen LogP) is 1.46. The van der Waals surface area contributed by atoms with Crippen LogP contribution in [0.25, 0.3) is 0 Å². The van der Waals surface area contributed by atoms with E-state index in [1.165, 1.54) is 4.31 Å². The number of hydrogen-bond donors (Lipinski definition) is 1. The second-order valence-corrected chi connectivity index (χ2v) is 8.64. The largest absolute Gasteiger partial charge is 0.341 e. The molecule has 0 spiro atoms. The van der Waals surface area contributed by atoms with Crippen LogP contribution in [0, 0.1) is 5.92 Å². The van der Waals surface area contributed by atoms with E-state index >= 15 is 0 Å². The van der Waals surface area contributed by atoms with Gasteiger partial charge < -0.3 is 10.6 Å². The molecule has 0 aliphatic carbocycles. The standard InChI is InChI=1S/C17H25N3O3S.ClH/c18-15-7-5-10-19(13-15)17(21)14-6-4-11-20(12-14)24(22,23)16-8-2-1-3-9-16;/h1-3,8-9,14-15H,4-7,10-13,18H2;1H. The number of sulfonamides is 1. The van der Waals surface area contributed by atoms with Crippen molar-refractivity contribution in [3.05, 3.63) is 30.3 Å². The average molecular weight is 388 g/mol. The summed E-state index contributed by atoms with van der Waals surface area (Å²) < 4.78 is 27.0. The maximum Gasteiger partial charge on any atom is 0.243 e. The number of carbonyl (C=O) groups excluding carboxylic acids is 1. The van der Waals surface area contributed by atoms with Gasteiger partial charge in [0.2, 0.25) is 15.9 Å². The molecule has 0 radical (unpaired) electrons. The highest BCUT2D eigenvalue weighted by Gasteiger charge is 2.35. The van der Waals surface area contributed by atoms with Crippen LogP contribution >= 0.6 is 12.4 Å². The van der Waals surface area contributed by atoms with Crippen LogP contribution in [0.1, 0.15) is 25.7 Å². The summed E-state index contributed by atoms with van der Waals surface area (Å²) in [7, 11) is -3.53. The Labute approximate surface area is 155 Å². The number of nitrogens with two attached hydrogens (primary N) is 1. The van der Waals surface area contributed by atoms with Gasteiger partial charge in [0.25, 0.3) is 0 Å². The molecule has 1 aromatic carbocycles. The second kappa shape index (κ2) is 8.49. The van der Waals surface area contributed by atoms with E-state index in [-0.39, 0.29) is 41.7 Å². The monoisotopic (exact) mass is 387 g/mol. The lowest BCUT2D eigenvalue weighted by atomic mass is 9.96. The molecule has 1 aromatic rings. The summed E-state index contributed by atoms with van der Waals surface area (Å²) in [5.41, 5.74) is 5.96. The van der Waals surface area contributed by atoms with Gasteiger partial charge in [0.1, 0.15) is 0 Å². The minimum Gasteiger partial charge on any atom is -0.341 e. The van der Waals surface area contributed by atoms with E-state index in [2.05, 4.69) is 0 Å². The first kappa shape index (κ1) is 20.2. The number of halogens is 1. The van der Waals surface area contributed by atoms with Gasteiger partial charge in [-0.05, 0) is 37.8 Å². The molecule has 2 aliphatic rings. The van der Waals surface area contributed by atoms with Crippen LogP contribution < -0.4 is 5.73 Å². The van der Waals surface area contributed by atoms with Crippen molar-refractivity contribution in [3.63, 3.8) is 0 Å². The van der Waals surface area contributed by atoms with Gasteiger partial charge in [0.05, 0.1) is 10.8 Å². The Balaban J connectivity index is 0.00000225. The van der Waals surface area contributed by atoms with Crippen LogP contribution in [0.3, 0.4) is 0 Å². The molecule has 0 aromatic heterocycles. The molecule has 2 aliphatic heterocycles. The minimum atomic E-state index is -3.53. The van der Waals surface area contributed by atoms with Gasteiger partial charge in [0, 0.05) is 32.2 Å². The summed E-state index contributed by atoms with van der Waals surface area (Å²) in [6.45, 7) is 2.05. The highest BCUT2D eigenvalue weighted by molar-refractivity contribution is 7.89. The van der Waals surface area contributed by atoms with Crippen LogP contribution in [0.2, 0.25) is 0 Å². The molecule has 2 atom stereocenters. The maximum atomic E-state index is 12.8. The number of amides is 1.